The summed E-state index contributed by atoms with van der Waals surface area (Å²) < 4.78 is 39.3. The zero-order valence-corrected chi connectivity index (χ0v) is 24.3. The molecule has 22 nitrogen and oxygen atoms in total. The summed E-state index contributed by atoms with van der Waals surface area (Å²) in [6, 6.07) is -4.50. The molecule has 0 aromatic carbocycles. The Kier molecular flexibility index (Phi) is 11.7. The molecule has 2 heterocycles. The number of aliphatic hydroxyl groups excluding tert-OH is 5. The second-order valence-electron chi connectivity index (χ2n) is 10.5. The van der Waals surface area contributed by atoms with Crippen LogP contribution in [-0.4, -0.2) is 164 Å². The fraction of sp³-hybridized carbons (Fsp3) is 0.857. The zero-order chi connectivity index (χ0) is 33.3. The fourth-order valence-corrected chi connectivity index (χ4v) is 5.92. The fourth-order valence-electron chi connectivity index (χ4n) is 5.35. The molecule has 0 aromatic rings. The lowest BCUT2D eigenvalue weighted by atomic mass is 9.81. The number of rotatable bonds is 11. The van der Waals surface area contributed by atoms with Crippen LogP contribution in [0.1, 0.15) is 6.92 Å². The lowest BCUT2D eigenvalue weighted by molar-refractivity contribution is -0.312. The van der Waals surface area contributed by atoms with Crippen molar-refractivity contribution in [1.29, 1.82) is 0 Å². The number of nitrogens with two attached hydrogens (primary N) is 4. The van der Waals surface area contributed by atoms with Gasteiger partial charge in [-0.25, -0.2) is 14.5 Å². The number of phosphoric acid groups is 1. The Morgan fingerprint density at radius 3 is 2.02 bits per heavy atom. The highest BCUT2D eigenvalue weighted by molar-refractivity contribution is 7.46. The number of carbonyl (C=O) groups excluding carboxylic acids is 1. The number of nitrogens with one attached hydrogen (secondary N) is 1. The summed E-state index contributed by atoms with van der Waals surface area (Å²) in [4.78, 5) is 38.6. The molecule has 17 N–H and O–H groups in total. The summed E-state index contributed by atoms with van der Waals surface area (Å²) in [6.45, 7) is 0.379. The number of phosphoric ester groups is 1. The first-order chi connectivity index (χ1) is 20.4. The van der Waals surface area contributed by atoms with E-state index in [2.05, 4.69) is 15.3 Å². The van der Waals surface area contributed by atoms with Crippen LogP contribution in [0.2, 0.25) is 0 Å². The number of guanidine groups is 2. The van der Waals surface area contributed by atoms with Crippen LogP contribution in [0.15, 0.2) is 9.98 Å². The average Bonchev–Trinajstić information content (AvgIpc) is 3.16. The number of carbonyl (C=O) groups is 1. The van der Waals surface area contributed by atoms with Crippen molar-refractivity contribution in [3.05, 3.63) is 0 Å². The molecule has 2 aliphatic heterocycles. The van der Waals surface area contributed by atoms with Crippen LogP contribution in [0.25, 0.3) is 0 Å². The molecule has 1 saturated carbocycles. The molecule has 23 heteroatoms. The zero-order valence-electron chi connectivity index (χ0n) is 23.5. The third-order valence-electron chi connectivity index (χ3n) is 7.57. The topological polar surface area (TPSA) is 383 Å². The van der Waals surface area contributed by atoms with Crippen LogP contribution in [-0.2, 0) is 32.8 Å². The minimum Gasteiger partial charge on any atom is -0.394 e. The van der Waals surface area contributed by atoms with Crippen LogP contribution in [0, 0.1) is 0 Å². The van der Waals surface area contributed by atoms with Crippen molar-refractivity contribution in [2.45, 2.75) is 98.2 Å². The Morgan fingerprint density at radius 2 is 1.52 bits per heavy atom. The van der Waals surface area contributed by atoms with Gasteiger partial charge in [-0.3, -0.25) is 9.32 Å². The molecule has 0 aromatic heterocycles. The lowest BCUT2D eigenvalue weighted by Crippen LogP contribution is -2.67. The molecule has 0 bridgehead atoms. The molecule has 1 aliphatic carbocycles. The van der Waals surface area contributed by atoms with Gasteiger partial charge in [0.25, 0.3) is 0 Å². The van der Waals surface area contributed by atoms with E-state index in [9.17, 15) is 49.8 Å². The summed E-state index contributed by atoms with van der Waals surface area (Å²) in [7, 11) is -3.95. The van der Waals surface area contributed by atoms with Gasteiger partial charge in [0.2, 0.25) is 0 Å². The number of aliphatic imine (C=N–C) groups is 2. The normalized spacial score (nSPS) is 44.6. The van der Waals surface area contributed by atoms with Crippen LogP contribution in [0.5, 0.6) is 0 Å². The van der Waals surface area contributed by atoms with Gasteiger partial charge < -0.3 is 87.6 Å². The molecule has 15 atom stereocenters. The van der Waals surface area contributed by atoms with Crippen molar-refractivity contribution in [2.24, 2.45) is 32.9 Å². The van der Waals surface area contributed by atoms with Gasteiger partial charge in [0, 0.05) is 0 Å². The number of hydrogen-bond acceptors (Lipinski definition) is 16. The first kappa shape index (κ1) is 36.3. The van der Waals surface area contributed by atoms with E-state index in [0.29, 0.717) is 0 Å². The van der Waals surface area contributed by atoms with E-state index < -0.39 is 118 Å². The summed E-state index contributed by atoms with van der Waals surface area (Å²) in [6.07, 6.45) is -19.1. The molecular formula is C21H40N7O15P. The minimum absolute atomic E-state index is 0.0637. The highest BCUT2D eigenvalue weighted by atomic mass is 31.2. The SMILES string of the molecule is CNC1C(OC2C(OC3C(O)C(O)C(N=C(N)N)C(O)C3N=C(N)N)OC(C)C2(O)C=O)OC(CO)C(O)C1OP(=O)(O)O. The van der Waals surface area contributed by atoms with Crippen LogP contribution < -0.4 is 28.3 Å². The van der Waals surface area contributed by atoms with Gasteiger partial charge in [-0.1, -0.05) is 0 Å². The smallest absolute Gasteiger partial charge is 0.394 e. The number of hydrogen-bond donors (Lipinski definition) is 13. The van der Waals surface area contributed by atoms with Gasteiger partial charge in [-0.2, -0.15) is 0 Å². The Labute approximate surface area is 249 Å². The largest absolute Gasteiger partial charge is 0.470 e. The molecule has 44 heavy (non-hydrogen) atoms. The van der Waals surface area contributed by atoms with Gasteiger partial charge in [-0.15, -0.1) is 0 Å². The Bertz CT molecular complexity index is 1110. The molecule has 3 fully saturated rings. The van der Waals surface area contributed by atoms with E-state index in [-0.39, 0.29) is 6.29 Å². The number of likely N-dealkylation sites (N-methyl/N-ethyl adjacent to an activating group) is 1. The van der Waals surface area contributed by atoms with Gasteiger partial charge in [0.15, 0.2) is 36.4 Å². The van der Waals surface area contributed by atoms with Crippen molar-refractivity contribution < 1.29 is 73.3 Å². The first-order valence-corrected chi connectivity index (χ1v) is 14.7. The van der Waals surface area contributed by atoms with E-state index >= 15 is 0 Å². The van der Waals surface area contributed by atoms with Crippen molar-refractivity contribution in [3.63, 3.8) is 0 Å². The number of ether oxygens (including phenoxy) is 4. The summed E-state index contributed by atoms with van der Waals surface area (Å²) in [5, 5.41) is 66.8. The average molecular weight is 662 g/mol. The summed E-state index contributed by atoms with van der Waals surface area (Å²) >= 11 is 0. The predicted molar refractivity (Wildman–Crippen MR) is 144 cm³/mol. The van der Waals surface area contributed by atoms with E-state index in [1.807, 2.05) is 0 Å². The second-order valence-corrected chi connectivity index (χ2v) is 11.7. The highest BCUT2D eigenvalue weighted by Gasteiger charge is 2.61. The van der Waals surface area contributed by atoms with Gasteiger partial charge >= 0.3 is 7.82 Å². The summed E-state index contributed by atoms with van der Waals surface area (Å²) in [5.74, 6) is -1.12. The second kappa shape index (κ2) is 14.1. The van der Waals surface area contributed by atoms with Gasteiger partial charge in [0.05, 0.1) is 18.8 Å². The maximum Gasteiger partial charge on any atom is 0.470 e. The van der Waals surface area contributed by atoms with Crippen molar-refractivity contribution in [1.82, 2.24) is 5.32 Å². The third kappa shape index (κ3) is 7.46. The number of nitrogens with zero attached hydrogens (tertiary/aromatic N) is 2. The van der Waals surface area contributed by atoms with E-state index in [4.69, 9.17) is 46.4 Å². The minimum atomic E-state index is -5.23. The number of aliphatic hydroxyl groups is 6. The Balaban J connectivity index is 2.00. The van der Waals surface area contributed by atoms with Crippen molar-refractivity contribution in [2.75, 3.05) is 13.7 Å². The van der Waals surface area contributed by atoms with E-state index in [1.165, 1.54) is 14.0 Å². The van der Waals surface area contributed by atoms with E-state index in [0.717, 1.165) is 0 Å². The molecule has 3 aliphatic rings. The molecular weight excluding hydrogens is 621 g/mol. The Morgan fingerprint density at radius 1 is 0.932 bits per heavy atom. The number of aldehydes is 1. The molecule has 0 amide bonds. The monoisotopic (exact) mass is 661 g/mol. The highest BCUT2D eigenvalue weighted by Crippen LogP contribution is 2.43. The lowest BCUT2D eigenvalue weighted by Gasteiger charge is -2.46. The van der Waals surface area contributed by atoms with Crippen LogP contribution >= 0.6 is 7.82 Å². The quantitative estimate of drug-likeness (QED) is 0.0423. The molecule has 15 unspecified atom stereocenters. The molecule has 0 spiro atoms. The predicted octanol–water partition coefficient (Wildman–Crippen LogP) is -8.04. The maximum atomic E-state index is 12.2. The molecule has 3 rings (SSSR count). The maximum absolute atomic E-state index is 12.2. The Hall–Kier alpha value is -2.12. The van der Waals surface area contributed by atoms with Gasteiger partial charge in [-0.05, 0) is 14.0 Å². The van der Waals surface area contributed by atoms with E-state index in [1.54, 1.807) is 0 Å². The molecule has 0 radical (unpaired) electrons. The standard InChI is InChI=1S/C21H40N7O15P/c1-5-21(35,4-30)16(42-17-9(26-2)15(43-44(36,37)38)10(31)6(3-29)40-17)18(39-5)41-14-8(28-20(24)25)11(32)7(27-19(22)23)12(33)13(14)34/h4-18,26,29,31-35H,3H2,1-2H3,(H4,22,23,27)(H4,24,25,28)(H2,36,37,38). The molecule has 254 valence electrons. The van der Waals surface area contributed by atoms with Crippen LogP contribution in [0.3, 0.4) is 0 Å². The van der Waals surface area contributed by atoms with Crippen molar-refractivity contribution >= 4 is 26.0 Å². The molecule has 2 saturated heterocycles. The van der Waals surface area contributed by atoms with Gasteiger partial charge in [0.1, 0.15) is 60.9 Å². The summed E-state index contributed by atoms with van der Waals surface area (Å²) in [5.41, 5.74) is 19.2. The first-order valence-electron chi connectivity index (χ1n) is 13.1. The van der Waals surface area contributed by atoms with Crippen molar-refractivity contribution in [3.8, 4) is 0 Å². The third-order valence-corrected chi connectivity index (χ3v) is 8.09. The van der Waals surface area contributed by atoms with Crippen LogP contribution in [0.4, 0.5) is 0 Å².